The van der Waals surface area contributed by atoms with Crippen molar-refractivity contribution in [3.63, 3.8) is 0 Å². The van der Waals surface area contributed by atoms with E-state index in [9.17, 15) is 9.18 Å². The molecule has 0 radical (unpaired) electrons. The quantitative estimate of drug-likeness (QED) is 0.694. The Kier molecular flexibility index (Phi) is 3.78. The number of benzene rings is 2. The zero-order valence-corrected chi connectivity index (χ0v) is 12.0. The predicted molar refractivity (Wildman–Crippen MR) is 81.1 cm³/mol. The minimum absolute atomic E-state index is 0.283. The standard InChI is InChI=1S/C17H14FN3O/c1-12-2-6-14(7-3-12)17-16(11-22)19-20-21(17)10-13-4-8-15(18)9-5-13/h2-9,11H,10H2,1H3. The van der Waals surface area contributed by atoms with Crippen molar-refractivity contribution < 1.29 is 9.18 Å². The number of rotatable bonds is 4. The minimum atomic E-state index is -0.283. The molecule has 0 spiro atoms. The summed E-state index contributed by atoms with van der Waals surface area (Å²) in [5.74, 6) is -0.283. The Morgan fingerprint density at radius 1 is 1.09 bits per heavy atom. The highest BCUT2D eigenvalue weighted by Gasteiger charge is 2.14. The van der Waals surface area contributed by atoms with E-state index in [2.05, 4.69) is 10.3 Å². The first kappa shape index (κ1) is 14.1. The molecule has 0 bridgehead atoms. The highest BCUT2D eigenvalue weighted by Crippen LogP contribution is 2.22. The maximum Gasteiger partial charge on any atom is 0.172 e. The fraction of sp³-hybridized carbons (Fsp3) is 0.118. The van der Waals surface area contributed by atoms with E-state index in [1.165, 1.54) is 12.1 Å². The Bertz CT molecular complexity index is 792. The van der Waals surface area contributed by atoms with Crippen molar-refractivity contribution in [1.82, 2.24) is 15.0 Å². The molecule has 4 nitrogen and oxygen atoms in total. The van der Waals surface area contributed by atoms with Gasteiger partial charge in [0.05, 0.1) is 12.2 Å². The molecule has 0 aliphatic rings. The van der Waals surface area contributed by atoms with Gasteiger partial charge in [-0.3, -0.25) is 4.79 Å². The summed E-state index contributed by atoms with van der Waals surface area (Å²) in [4.78, 5) is 11.2. The van der Waals surface area contributed by atoms with Crippen LogP contribution in [0.3, 0.4) is 0 Å². The smallest absolute Gasteiger partial charge is 0.172 e. The van der Waals surface area contributed by atoms with Gasteiger partial charge < -0.3 is 0 Å². The topological polar surface area (TPSA) is 47.8 Å². The molecule has 3 rings (SSSR count). The average Bonchev–Trinajstić information content (AvgIpc) is 2.93. The number of aromatic nitrogens is 3. The van der Waals surface area contributed by atoms with Crippen molar-refractivity contribution in [1.29, 1.82) is 0 Å². The molecule has 0 aliphatic heterocycles. The van der Waals surface area contributed by atoms with Gasteiger partial charge in [-0.15, -0.1) is 5.10 Å². The monoisotopic (exact) mass is 295 g/mol. The molecule has 3 aromatic rings. The minimum Gasteiger partial charge on any atom is -0.296 e. The van der Waals surface area contributed by atoms with Crippen LogP contribution in [-0.4, -0.2) is 21.3 Å². The first-order valence-corrected chi connectivity index (χ1v) is 6.87. The lowest BCUT2D eigenvalue weighted by Crippen LogP contribution is -2.04. The molecule has 0 saturated carbocycles. The van der Waals surface area contributed by atoms with Gasteiger partial charge >= 0.3 is 0 Å². The summed E-state index contributed by atoms with van der Waals surface area (Å²) in [7, 11) is 0. The Morgan fingerprint density at radius 3 is 2.41 bits per heavy atom. The van der Waals surface area contributed by atoms with E-state index in [4.69, 9.17) is 0 Å². The van der Waals surface area contributed by atoms with Crippen LogP contribution in [0, 0.1) is 12.7 Å². The van der Waals surface area contributed by atoms with E-state index in [-0.39, 0.29) is 5.82 Å². The van der Waals surface area contributed by atoms with Crippen LogP contribution in [0.1, 0.15) is 21.6 Å². The van der Waals surface area contributed by atoms with Crippen molar-refractivity contribution in [2.75, 3.05) is 0 Å². The molecule has 0 saturated heterocycles. The third-order valence-corrected chi connectivity index (χ3v) is 3.44. The number of aldehydes is 1. The van der Waals surface area contributed by atoms with Crippen LogP contribution in [0.25, 0.3) is 11.3 Å². The zero-order chi connectivity index (χ0) is 15.5. The van der Waals surface area contributed by atoms with E-state index < -0.39 is 0 Å². The van der Waals surface area contributed by atoms with Crippen LogP contribution in [0.15, 0.2) is 48.5 Å². The highest BCUT2D eigenvalue weighted by molar-refractivity contribution is 5.83. The lowest BCUT2D eigenvalue weighted by Gasteiger charge is -2.07. The third-order valence-electron chi connectivity index (χ3n) is 3.44. The van der Waals surface area contributed by atoms with Gasteiger partial charge in [-0.2, -0.15) is 0 Å². The van der Waals surface area contributed by atoms with E-state index in [1.807, 2.05) is 31.2 Å². The Hall–Kier alpha value is -2.82. The second kappa shape index (κ2) is 5.89. The second-order valence-electron chi connectivity index (χ2n) is 5.09. The van der Waals surface area contributed by atoms with Gasteiger partial charge in [-0.05, 0) is 24.6 Å². The normalized spacial score (nSPS) is 10.6. The van der Waals surface area contributed by atoms with Crippen molar-refractivity contribution in [2.24, 2.45) is 0 Å². The maximum absolute atomic E-state index is 13.0. The summed E-state index contributed by atoms with van der Waals surface area (Å²) in [5, 5.41) is 7.96. The largest absolute Gasteiger partial charge is 0.296 e. The van der Waals surface area contributed by atoms with E-state index >= 15 is 0 Å². The van der Waals surface area contributed by atoms with Crippen LogP contribution < -0.4 is 0 Å². The van der Waals surface area contributed by atoms with E-state index in [0.717, 1.165) is 16.7 Å². The molecule has 1 aromatic heterocycles. The number of carbonyl (C=O) groups is 1. The van der Waals surface area contributed by atoms with Gasteiger partial charge in [0.25, 0.3) is 0 Å². The van der Waals surface area contributed by atoms with Gasteiger partial charge in [0.1, 0.15) is 5.82 Å². The molecule has 110 valence electrons. The van der Waals surface area contributed by atoms with Crippen LogP contribution in [0.4, 0.5) is 4.39 Å². The van der Waals surface area contributed by atoms with Gasteiger partial charge in [-0.25, -0.2) is 9.07 Å². The number of halogens is 1. The molecule has 0 amide bonds. The molecule has 0 atom stereocenters. The van der Waals surface area contributed by atoms with Crippen molar-refractivity contribution in [3.8, 4) is 11.3 Å². The molecule has 0 N–H and O–H groups in total. The zero-order valence-electron chi connectivity index (χ0n) is 12.0. The SMILES string of the molecule is Cc1ccc(-c2c(C=O)nnn2Cc2ccc(F)cc2)cc1. The molecular formula is C17H14FN3O. The molecule has 2 aromatic carbocycles. The average molecular weight is 295 g/mol. The summed E-state index contributed by atoms with van der Waals surface area (Å²) < 4.78 is 14.6. The van der Waals surface area contributed by atoms with Crippen molar-refractivity contribution in [3.05, 3.63) is 71.2 Å². The first-order chi connectivity index (χ1) is 10.7. The summed E-state index contributed by atoms with van der Waals surface area (Å²) in [5.41, 5.74) is 3.86. The Morgan fingerprint density at radius 2 is 1.77 bits per heavy atom. The van der Waals surface area contributed by atoms with E-state index in [0.29, 0.717) is 24.2 Å². The molecule has 0 unspecified atom stereocenters. The second-order valence-corrected chi connectivity index (χ2v) is 5.09. The fourth-order valence-corrected chi connectivity index (χ4v) is 2.29. The summed E-state index contributed by atoms with van der Waals surface area (Å²) >= 11 is 0. The molecule has 0 fully saturated rings. The van der Waals surface area contributed by atoms with E-state index in [1.54, 1.807) is 16.8 Å². The number of aryl methyl sites for hydroxylation is 1. The fourth-order valence-electron chi connectivity index (χ4n) is 2.29. The predicted octanol–water partition coefficient (Wildman–Crippen LogP) is 3.25. The summed E-state index contributed by atoms with van der Waals surface area (Å²) in [6.07, 6.45) is 0.698. The van der Waals surface area contributed by atoms with Crippen molar-refractivity contribution >= 4 is 6.29 Å². The molecule has 5 heteroatoms. The summed E-state index contributed by atoms with van der Waals surface area (Å²) in [6, 6.07) is 14.0. The van der Waals surface area contributed by atoms with Gasteiger partial charge in [-0.1, -0.05) is 47.2 Å². The van der Waals surface area contributed by atoms with Gasteiger partial charge in [0.2, 0.25) is 0 Å². The third kappa shape index (κ3) is 2.79. The number of hydrogen-bond donors (Lipinski definition) is 0. The lowest BCUT2D eigenvalue weighted by molar-refractivity contribution is 0.111. The number of hydrogen-bond acceptors (Lipinski definition) is 3. The van der Waals surface area contributed by atoms with Crippen LogP contribution in [0.2, 0.25) is 0 Å². The van der Waals surface area contributed by atoms with Crippen LogP contribution >= 0.6 is 0 Å². The highest BCUT2D eigenvalue weighted by atomic mass is 19.1. The van der Waals surface area contributed by atoms with Crippen molar-refractivity contribution in [2.45, 2.75) is 13.5 Å². The van der Waals surface area contributed by atoms with Crippen LogP contribution in [-0.2, 0) is 6.54 Å². The van der Waals surface area contributed by atoms with Gasteiger partial charge in [0.15, 0.2) is 12.0 Å². The van der Waals surface area contributed by atoms with Gasteiger partial charge in [0, 0.05) is 5.56 Å². The number of nitrogens with zero attached hydrogens (tertiary/aromatic N) is 3. The Balaban J connectivity index is 2.01. The molecule has 1 heterocycles. The molecule has 22 heavy (non-hydrogen) atoms. The summed E-state index contributed by atoms with van der Waals surface area (Å²) in [6.45, 7) is 2.42. The first-order valence-electron chi connectivity index (χ1n) is 6.87. The van der Waals surface area contributed by atoms with Crippen LogP contribution in [0.5, 0.6) is 0 Å². The lowest BCUT2D eigenvalue weighted by atomic mass is 10.1. The number of carbonyl (C=O) groups excluding carboxylic acids is 1. The Labute approximate surface area is 127 Å². The maximum atomic E-state index is 13.0. The molecule has 0 aliphatic carbocycles. The molecular weight excluding hydrogens is 281 g/mol.